The van der Waals surface area contributed by atoms with Crippen molar-refractivity contribution in [2.45, 2.75) is 48.6 Å². The molecule has 0 aliphatic rings. The van der Waals surface area contributed by atoms with Gasteiger partial charge < -0.3 is 9.79 Å². The van der Waals surface area contributed by atoms with Crippen LogP contribution in [-0.2, 0) is 4.57 Å². The molecule has 0 radical (unpaired) electrons. The van der Waals surface area contributed by atoms with Crippen LogP contribution in [0.25, 0.3) is 0 Å². The topological polar surface area (TPSA) is 57.5 Å². The molecule has 0 atom stereocenters. The first-order valence-corrected chi connectivity index (χ1v) is 7.76. The van der Waals surface area contributed by atoms with Gasteiger partial charge in [0.25, 0.3) is 0 Å². The molecule has 0 heterocycles. The summed E-state index contributed by atoms with van der Waals surface area (Å²) in [7, 11) is -5.11. The third kappa shape index (κ3) is 4.21. The first kappa shape index (κ1) is 25.2. The zero-order valence-corrected chi connectivity index (χ0v) is 12.7. The van der Waals surface area contributed by atoms with E-state index in [0.29, 0.717) is 0 Å². The second kappa shape index (κ2) is 6.69. The molecule has 0 saturated heterocycles. The minimum Gasteiger partial charge on any atom is -0.324 e. The first-order chi connectivity index (χ1) is 11.0. The predicted octanol–water partition coefficient (Wildman–Crippen LogP) is 4.68. The quantitative estimate of drug-likeness (QED) is 0.424. The monoisotopic (exact) mass is 442 g/mol. The Morgan fingerprint density at radius 1 is 0.615 bits per heavy atom. The molecule has 0 unspecified atom stereocenters. The van der Waals surface area contributed by atoms with Crippen LogP contribution in [0.5, 0.6) is 0 Å². The van der Waals surface area contributed by atoms with Gasteiger partial charge in [-0.2, -0.15) is 57.1 Å². The lowest BCUT2D eigenvalue weighted by molar-refractivity contribution is -0.440. The largest absolute Gasteiger partial charge is 0.460 e. The van der Waals surface area contributed by atoms with Crippen LogP contribution in [0.4, 0.5) is 57.1 Å². The van der Waals surface area contributed by atoms with Crippen LogP contribution in [0, 0.1) is 0 Å². The molecule has 17 heteroatoms. The first-order valence-electron chi connectivity index (χ1n) is 5.96. The van der Waals surface area contributed by atoms with Gasteiger partial charge in [-0.05, 0) is 6.42 Å². The van der Waals surface area contributed by atoms with Gasteiger partial charge >= 0.3 is 43.4 Å². The van der Waals surface area contributed by atoms with E-state index >= 15 is 0 Å². The fraction of sp³-hybridized carbons (Fsp3) is 1.00. The molecule has 0 rings (SSSR count). The average molecular weight is 442 g/mol. The van der Waals surface area contributed by atoms with Crippen molar-refractivity contribution in [3.63, 3.8) is 0 Å². The number of rotatable bonds is 8. The maximum Gasteiger partial charge on any atom is 0.460 e. The molecule has 0 bridgehead atoms. The van der Waals surface area contributed by atoms with Gasteiger partial charge in [0.1, 0.15) is 0 Å². The summed E-state index contributed by atoms with van der Waals surface area (Å²) < 4.78 is 175. The van der Waals surface area contributed by atoms with Gasteiger partial charge in [-0.3, -0.25) is 4.57 Å². The Hall–Kier alpha value is -0.760. The second-order valence-electron chi connectivity index (χ2n) is 4.99. The highest BCUT2D eigenvalue weighted by Crippen LogP contribution is 2.60. The second-order valence-corrected chi connectivity index (χ2v) is 6.77. The van der Waals surface area contributed by atoms with E-state index in [1.807, 2.05) is 0 Å². The van der Waals surface area contributed by atoms with Gasteiger partial charge in [0.05, 0.1) is 6.16 Å². The molecule has 0 saturated carbocycles. The zero-order valence-electron chi connectivity index (χ0n) is 11.8. The molecule has 2 N–H and O–H groups in total. The summed E-state index contributed by atoms with van der Waals surface area (Å²) in [6.07, 6.45) is -13.4. The minimum absolute atomic E-state index is 1.60. The van der Waals surface area contributed by atoms with E-state index in [4.69, 9.17) is 9.79 Å². The number of hydrogen-bond acceptors (Lipinski definition) is 1. The number of halogens is 13. The van der Waals surface area contributed by atoms with E-state index in [1.54, 1.807) is 0 Å². The summed E-state index contributed by atoms with van der Waals surface area (Å²) in [6, 6.07) is 0. The molecule has 0 aromatic rings. The van der Waals surface area contributed by atoms with Crippen molar-refractivity contribution in [1.82, 2.24) is 0 Å². The van der Waals surface area contributed by atoms with Crippen LogP contribution in [0.2, 0.25) is 0 Å². The molecule has 0 fully saturated rings. The van der Waals surface area contributed by atoms with E-state index in [0.717, 1.165) is 0 Å². The number of alkyl halides is 13. The van der Waals surface area contributed by atoms with Crippen molar-refractivity contribution in [3.05, 3.63) is 0 Å². The van der Waals surface area contributed by atoms with E-state index in [1.165, 1.54) is 0 Å². The smallest absolute Gasteiger partial charge is 0.324 e. The van der Waals surface area contributed by atoms with Gasteiger partial charge in [-0.1, -0.05) is 0 Å². The van der Waals surface area contributed by atoms with Crippen molar-refractivity contribution in [2.24, 2.45) is 0 Å². The summed E-state index contributed by atoms with van der Waals surface area (Å²) in [6.45, 7) is 0. The highest BCUT2D eigenvalue weighted by molar-refractivity contribution is 7.51. The molecular formula is C9H8F13O3P. The Labute approximate surface area is 135 Å². The summed E-state index contributed by atoms with van der Waals surface area (Å²) in [5.41, 5.74) is 0. The van der Waals surface area contributed by atoms with Crippen molar-refractivity contribution < 1.29 is 71.4 Å². The molecular weight excluding hydrogens is 434 g/mol. The summed E-state index contributed by atoms with van der Waals surface area (Å²) >= 11 is 0. The molecule has 3 nitrogen and oxygen atoms in total. The maximum absolute atomic E-state index is 13.1. The fourth-order valence-electron chi connectivity index (χ4n) is 1.47. The zero-order chi connectivity index (χ0) is 21.6. The third-order valence-corrected chi connectivity index (χ3v) is 3.84. The normalized spacial score (nSPS) is 16.1. The van der Waals surface area contributed by atoms with E-state index in [-0.39, 0.29) is 0 Å². The number of hydrogen-bond donors (Lipinski definition) is 2. The molecule has 158 valence electrons. The van der Waals surface area contributed by atoms with Gasteiger partial charge in [0.2, 0.25) is 0 Å². The Kier molecular flexibility index (Phi) is 6.49. The van der Waals surface area contributed by atoms with Gasteiger partial charge in [-0.25, -0.2) is 0 Å². The predicted molar refractivity (Wildman–Crippen MR) is 56.9 cm³/mol. The summed E-state index contributed by atoms with van der Waals surface area (Å²) in [5, 5.41) is 0. The molecule has 0 aliphatic heterocycles. The van der Waals surface area contributed by atoms with Crippen molar-refractivity contribution in [3.8, 4) is 0 Å². The molecule has 26 heavy (non-hydrogen) atoms. The summed E-state index contributed by atoms with van der Waals surface area (Å²) in [4.78, 5) is 16.6. The van der Waals surface area contributed by atoms with Crippen LogP contribution in [-0.4, -0.2) is 51.7 Å². The maximum atomic E-state index is 13.1. The van der Waals surface area contributed by atoms with Crippen LogP contribution in [0.15, 0.2) is 0 Å². The molecule has 0 aromatic heterocycles. The van der Waals surface area contributed by atoms with Crippen molar-refractivity contribution in [1.29, 1.82) is 0 Å². The van der Waals surface area contributed by atoms with E-state index in [9.17, 15) is 61.6 Å². The minimum atomic E-state index is -7.98. The molecule has 0 aromatic carbocycles. The van der Waals surface area contributed by atoms with Crippen LogP contribution in [0.1, 0.15) is 12.8 Å². The fourth-order valence-corrected chi connectivity index (χ4v) is 2.04. The summed E-state index contributed by atoms with van der Waals surface area (Å²) in [5.74, 6) is -37.4. The van der Waals surface area contributed by atoms with Gasteiger partial charge in [0, 0.05) is 6.42 Å². The van der Waals surface area contributed by atoms with Gasteiger partial charge in [0.15, 0.2) is 0 Å². The van der Waals surface area contributed by atoms with Crippen molar-refractivity contribution in [2.75, 3.05) is 6.16 Å². The lowest BCUT2D eigenvalue weighted by atomic mass is 9.92. The third-order valence-electron chi connectivity index (χ3n) is 2.94. The highest BCUT2D eigenvalue weighted by atomic mass is 31.2. The molecule has 0 amide bonds. The Morgan fingerprint density at radius 2 is 0.962 bits per heavy atom. The van der Waals surface area contributed by atoms with Crippen LogP contribution >= 0.6 is 7.60 Å². The highest BCUT2D eigenvalue weighted by Gasteiger charge is 2.90. The average Bonchev–Trinajstić information content (AvgIpc) is 2.34. The molecule has 0 aliphatic carbocycles. The Morgan fingerprint density at radius 3 is 1.27 bits per heavy atom. The van der Waals surface area contributed by atoms with E-state index in [2.05, 4.69) is 0 Å². The lowest BCUT2D eigenvalue weighted by Gasteiger charge is -2.39. The Balaban J connectivity index is 5.89. The standard InChI is InChI=1S/C9H8F13O3P/c10-4(11,2-1-3-26(23,24)25)5(12,13)6(14,15)7(16,17)8(18,19)9(20,21)22/h1-3H2,(H2,23,24,25). The SMILES string of the molecule is O=P(O)(O)CCCC(F)(F)C(F)(F)C(F)(F)C(F)(F)C(F)(F)C(F)(F)F. The van der Waals surface area contributed by atoms with Crippen molar-refractivity contribution >= 4 is 7.60 Å². The van der Waals surface area contributed by atoms with Crippen LogP contribution in [0.3, 0.4) is 0 Å². The van der Waals surface area contributed by atoms with E-state index < -0.39 is 62.4 Å². The van der Waals surface area contributed by atoms with Gasteiger partial charge in [-0.15, -0.1) is 0 Å². The van der Waals surface area contributed by atoms with Crippen LogP contribution < -0.4 is 0 Å². The lowest BCUT2D eigenvalue weighted by Crippen LogP contribution is -2.70. The Bertz CT molecular complexity index is 550. The molecule has 0 spiro atoms.